The maximum absolute atomic E-state index is 13.7. The summed E-state index contributed by atoms with van der Waals surface area (Å²) in [4.78, 5) is 13.7. The van der Waals surface area contributed by atoms with Gasteiger partial charge in [-0.05, 0) is 31.4 Å². The number of hydrogen-bond donors (Lipinski definition) is 0. The van der Waals surface area contributed by atoms with Gasteiger partial charge in [-0.1, -0.05) is 45.1 Å². The van der Waals surface area contributed by atoms with E-state index >= 15 is 0 Å². The van der Waals surface area contributed by atoms with Gasteiger partial charge in [0.1, 0.15) is 17.1 Å². The lowest BCUT2D eigenvalue weighted by Gasteiger charge is -2.40. The highest BCUT2D eigenvalue weighted by atomic mass is 31.1. The molecule has 0 saturated heterocycles. The van der Waals surface area contributed by atoms with E-state index in [1.54, 1.807) is 26.4 Å². The Balaban J connectivity index is 2.51. The second kappa shape index (κ2) is 9.33. The van der Waals surface area contributed by atoms with Crippen LogP contribution in [0.2, 0.25) is 0 Å². The van der Waals surface area contributed by atoms with Crippen molar-refractivity contribution in [2.24, 2.45) is 5.41 Å². The standard InChI is InChI=1S/C20H29O4P/c1-4-5-12-17(25-22)20(13-7-6-8-14-20)19(21)18-15(23-2)10-9-11-16(18)24-3/h9-11,17H,4-8,12-14H2,1-3H3. The fourth-order valence-electron chi connectivity index (χ4n) is 4.05. The third-order valence-electron chi connectivity index (χ3n) is 5.45. The van der Waals surface area contributed by atoms with Crippen molar-refractivity contribution in [1.82, 2.24) is 0 Å². The van der Waals surface area contributed by atoms with Crippen LogP contribution in [0.25, 0.3) is 0 Å². The summed E-state index contributed by atoms with van der Waals surface area (Å²) in [5.41, 5.74) is -0.229. The number of hydrogen-bond acceptors (Lipinski definition) is 4. The smallest absolute Gasteiger partial charge is 0.177 e. The summed E-state index contributed by atoms with van der Waals surface area (Å²) in [5.74, 6) is 1.10. The highest BCUT2D eigenvalue weighted by Crippen LogP contribution is 2.50. The Kier molecular flexibility index (Phi) is 7.43. The Morgan fingerprint density at radius 2 is 1.76 bits per heavy atom. The molecule has 1 fully saturated rings. The third kappa shape index (κ3) is 4.06. The number of benzene rings is 1. The van der Waals surface area contributed by atoms with Crippen LogP contribution in [-0.2, 0) is 4.57 Å². The quantitative estimate of drug-likeness (QED) is 0.417. The zero-order valence-corrected chi connectivity index (χ0v) is 16.4. The number of methoxy groups -OCH3 is 2. The molecule has 4 nitrogen and oxygen atoms in total. The number of carbonyl (C=O) groups excluding carboxylic acids is 1. The fourth-order valence-corrected chi connectivity index (χ4v) is 4.91. The molecule has 0 aliphatic heterocycles. The van der Waals surface area contributed by atoms with E-state index in [1.165, 1.54) is 0 Å². The Morgan fingerprint density at radius 1 is 1.16 bits per heavy atom. The van der Waals surface area contributed by atoms with Gasteiger partial charge in [0.25, 0.3) is 0 Å². The summed E-state index contributed by atoms with van der Waals surface area (Å²) < 4.78 is 23.0. The molecule has 1 saturated carbocycles. The van der Waals surface area contributed by atoms with Crippen molar-refractivity contribution in [2.45, 2.75) is 63.9 Å². The van der Waals surface area contributed by atoms with Gasteiger partial charge in [0.05, 0.1) is 19.9 Å². The molecular weight excluding hydrogens is 335 g/mol. The molecule has 1 aromatic rings. The van der Waals surface area contributed by atoms with E-state index in [0.717, 1.165) is 51.4 Å². The topological polar surface area (TPSA) is 52.6 Å². The summed E-state index contributed by atoms with van der Waals surface area (Å²) >= 11 is 0. The van der Waals surface area contributed by atoms with Crippen molar-refractivity contribution < 1.29 is 18.8 Å². The van der Waals surface area contributed by atoms with Gasteiger partial charge >= 0.3 is 0 Å². The molecule has 0 spiro atoms. The van der Waals surface area contributed by atoms with Crippen LogP contribution in [0.15, 0.2) is 18.2 Å². The van der Waals surface area contributed by atoms with Crippen molar-refractivity contribution in [3.8, 4) is 11.5 Å². The van der Waals surface area contributed by atoms with Crippen molar-refractivity contribution in [3.05, 3.63) is 23.8 Å². The number of rotatable bonds is 9. The molecule has 0 aromatic heterocycles. The summed E-state index contributed by atoms with van der Waals surface area (Å²) in [6.07, 6.45) is 7.54. The Morgan fingerprint density at radius 3 is 2.24 bits per heavy atom. The van der Waals surface area contributed by atoms with Gasteiger partial charge in [-0.3, -0.25) is 9.36 Å². The van der Waals surface area contributed by atoms with Crippen LogP contribution in [0.3, 0.4) is 0 Å². The molecule has 0 N–H and O–H groups in total. The molecular formula is C20H29O4P. The molecule has 0 radical (unpaired) electrons. The van der Waals surface area contributed by atoms with Crippen LogP contribution in [0.5, 0.6) is 11.5 Å². The minimum atomic E-state index is -0.585. The number of Topliss-reactive ketones (excluding diaryl/α,β-unsaturated/α-hetero) is 1. The molecule has 1 aromatic carbocycles. The average Bonchev–Trinajstić information content (AvgIpc) is 2.67. The maximum Gasteiger partial charge on any atom is 0.177 e. The highest BCUT2D eigenvalue weighted by molar-refractivity contribution is 7.24. The van der Waals surface area contributed by atoms with Gasteiger partial charge in [-0.25, -0.2) is 0 Å². The Labute approximate surface area is 152 Å². The molecule has 1 aliphatic carbocycles. The molecule has 1 aliphatic rings. The fraction of sp³-hybridized carbons (Fsp3) is 0.650. The second-order valence-electron chi connectivity index (χ2n) is 6.85. The molecule has 0 heterocycles. The first-order valence-electron chi connectivity index (χ1n) is 9.22. The minimum Gasteiger partial charge on any atom is -0.496 e. The van der Waals surface area contributed by atoms with E-state index in [4.69, 9.17) is 9.47 Å². The van der Waals surface area contributed by atoms with E-state index in [2.05, 4.69) is 6.92 Å². The molecule has 0 amide bonds. The zero-order valence-electron chi connectivity index (χ0n) is 15.5. The molecule has 5 heteroatoms. The third-order valence-corrected chi connectivity index (χ3v) is 6.46. The van der Waals surface area contributed by atoms with Gasteiger partial charge in [-0.15, -0.1) is 0 Å². The van der Waals surface area contributed by atoms with Crippen LogP contribution < -0.4 is 9.47 Å². The lowest BCUT2D eigenvalue weighted by atomic mass is 9.66. The first-order chi connectivity index (χ1) is 12.1. The zero-order chi connectivity index (χ0) is 18.3. The summed E-state index contributed by atoms with van der Waals surface area (Å²) in [6, 6.07) is 5.41. The monoisotopic (exact) mass is 364 g/mol. The average molecular weight is 364 g/mol. The number of unbranched alkanes of at least 4 members (excludes halogenated alkanes) is 1. The Hall–Kier alpha value is -1.41. The van der Waals surface area contributed by atoms with Gasteiger partial charge in [-0.2, -0.15) is 0 Å². The first kappa shape index (κ1) is 19.9. The van der Waals surface area contributed by atoms with Crippen LogP contribution in [0, 0.1) is 5.41 Å². The first-order valence-corrected chi connectivity index (χ1v) is 10.1. The van der Waals surface area contributed by atoms with E-state index in [0.29, 0.717) is 17.1 Å². The molecule has 1 unspecified atom stereocenters. The number of ether oxygens (including phenoxy) is 2. The van der Waals surface area contributed by atoms with Crippen molar-refractivity contribution in [3.63, 3.8) is 0 Å². The van der Waals surface area contributed by atoms with Gasteiger partial charge < -0.3 is 9.47 Å². The van der Waals surface area contributed by atoms with Crippen LogP contribution in [0.4, 0.5) is 0 Å². The van der Waals surface area contributed by atoms with Gasteiger partial charge in [0.2, 0.25) is 0 Å². The largest absolute Gasteiger partial charge is 0.496 e. The molecule has 25 heavy (non-hydrogen) atoms. The van der Waals surface area contributed by atoms with Crippen molar-refractivity contribution in [2.75, 3.05) is 14.2 Å². The van der Waals surface area contributed by atoms with Gasteiger partial charge in [0, 0.05) is 5.41 Å². The predicted molar refractivity (Wildman–Crippen MR) is 100 cm³/mol. The number of carbonyl (C=O) groups is 1. The van der Waals surface area contributed by atoms with Crippen molar-refractivity contribution >= 4 is 14.2 Å². The van der Waals surface area contributed by atoms with Crippen molar-refractivity contribution in [1.29, 1.82) is 0 Å². The minimum absolute atomic E-state index is 0.0333. The summed E-state index contributed by atoms with van der Waals surface area (Å²) in [6.45, 7) is 2.12. The molecule has 138 valence electrons. The summed E-state index contributed by atoms with van der Waals surface area (Å²) in [7, 11) is 3.21. The molecule has 0 bridgehead atoms. The molecule has 1 atom stereocenters. The maximum atomic E-state index is 13.7. The second-order valence-corrected chi connectivity index (χ2v) is 7.68. The lowest BCUT2D eigenvalue weighted by molar-refractivity contribution is 0.0687. The van der Waals surface area contributed by atoms with Gasteiger partial charge in [0.15, 0.2) is 14.2 Å². The SMILES string of the molecule is CCCCC(P=O)C1(C(=O)c2c(OC)cccc2OC)CCCCC1. The molecule has 2 rings (SSSR count). The summed E-state index contributed by atoms with van der Waals surface area (Å²) in [5, 5.41) is 0. The van der Waals surface area contributed by atoms with Crippen LogP contribution in [0.1, 0.15) is 68.6 Å². The Bertz CT molecular complexity index is 571. The van der Waals surface area contributed by atoms with E-state index < -0.39 is 5.41 Å². The number of ketones is 1. The van der Waals surface area contributed by atoms with E-state index in [9.17, 15) is 9.36 Å². The highest BCUT2D eigenvalue weighted by Gasteiger charge is 2.48. The van der Waals surface area contributed by atoms with Crippen LogP contribution in [-0.4, -0.2) is 25.7 Å². The predicted octanol–water partition coefficient (Wildman–Crippen LogP) is 5.69. The lowest BCUT2D eigenvalue weighted by Crippen LogP contribution is -2.42. The van der Waals surface area contributed by atoms with E-state index in [1.807, 2.05) is 6.07 Å². The van der Waals surface area contributed by atoms with E-state index in [-0.39, 0.29) is 19.9 Å². The van der Waals surface area contributed by atoms with Crippen LogP contribution >= 0.6 is 8.46 Å². The normalized spacial score (nSPS) is 17.9.